The third-order valence-electron chi connectivity index (χ3n) is 3.83. The molecule has 0 saturated heterocycles. The summed E-state index contributed by atoms with van der Waals surface area (Å²) in [7, 11) is 0. The molecule has 1 aromatic heterocycles. The summed E-state index contributed by atoms with van der Waals surface area (Å²) in [5, 5.41) is 15.3. The molecule has 1 aliphatic heterocycles. The highest BCUT2D eigenvalue weighted by Crippen LogP contribution is 2.31. The van der Waals surface area contributed by atoms with E-state index < -0.39 is 0 Å². The number of hydrogen-bond donors (Lipinski definition) is 1. The number of nitrogens with zero attached hydrogens (tertiary/aromatic N) is 4. The van der Waals surface area contributed by atoms with Gasteiger partial charge in [-0.05, 0) is 34.6 Å². The van der Waals surface area contributed by atoms with Gasteiger partial charge in [0.2, 0.25) is 5.95 Å². The van der Waals surface area contributed by atoms with Crippen LogP contribution in [0.4, 0.5) is 5.95 Å². The van der Waals surface area contributed by atoms with Crippen LogP contribution in [-0.4, -0.2) is 20.2 Å². The average molecular weight is 289 g/mol. The Kier molecular flexibility index (Phi) is 2.96. The van der Waals surface area contributed by atoms with Crippen molar-refractivity contribution in [2.45, 2.75) is 13.0 Å². The van der Waals surface area contributed by atoms with Gasteiger partial charge in [-0.1, -0.05) is 65.3 Å². The van der Waals surface area contributed by atoms with Crippen molar-refractivity contribution in [2.75, 3.05) is 5.32 Å². The van der Waals surface area contributed by atoms with Gasteiger partial charge in [0.15, 0.2) is 0 Å². The highest BCUT2D eigenvalue weighted by molar-refractivity contribution is 5.76. The van der Waals surface area contributed by atoms with Crippen LogP contribution in [0.15, 0.2) is 60.7 Å². The lowest BCUT2D eigenvalue weighted by molar-refractivity contribution is 0.586. The van der Waals surface area contributed by atoms with Gasteiger partial charge in [0.1, 0.15) is 6.04 Å². The van der Waals surface area contributed by atoms with Gasteiger partial charge in [0.05, 0.1) is 0 Å². The number of aryl methyl sites for hydroxylation is 1. The average Bonchev–Trinajstić information content (AvgIpc) is 3.04. The Morgan fingerprint density at radius 2 is 1.77 bits per heavy atom. The first-order valence-corrected chi connectivity index (χ1v) is 7.20. The standard InChI is InChI=1S/C17H15N5/c1-12-7-9-14(10-8-12)16-11-15(13-5-3-2-4-6-13)18-17-19-20-21-22(16)17/h2-11,16H,1H3,(H,18,19,21). The SMILES string of the molecule is Cc1ccc(C2C=C(c3ccccc3)Nc3nnnn32)cc1. The zero-order chi connectivity index (χ0) is 14.9. The fraction of sp³-hybridized carbons (Fsp3) is 0.118. The second-order valence-corrected chi connectivity index (χ2v) is 5.37. The van der Waals surface area contributed by atoms with Gasteiger partial charge >= 0.3 is 0 Å². The molecule has 2 aromatic carbocycles. The van der Waals surface area contributed by atoms with Crippen molar-refractivity contribution in [1.29, 1.82) is 0 Å². The number of anilines is 1. The van der Waals surface area contributed by atoms with Gasteiger partial charge in [0.25, 0.3) is 0 Å². The summed E-state index contributed by atoms with van der Waals surface area (Å²) in [5.41, 5.74) is 4.54. The number of tetrazole rings is 1. The van der Waals surface area contributed by atoms with E-state index in [0.29, 0.717) is 5.95 Å². The molecule has 4 rings (SSSR count). The molecule has 0 aliphatic carbocycles. The third kappa shape index (κ3) is 2.16. The fourth-order valence-electron chi connectivity index (χ4n) is 2.64. The molecule has 3 aromatic rings. The maximum atomic E-state index is 4.11. The summed E-state index contributed by atoms with van der Waals surface area (Å²) < 4.78 is 1.80. The summed E-state index contributed by atoms with van der Waals surface area (Å²) >= 11 is 0. The molecule has 5 heteroatoms. The normalized spacial score (nSPS) is 16.6. The summed E-state index contributed by atoms with van der Waals surface area (Å²) in [6.07, 6.45) is 2.16. The van der Waals surface area contributed by atoms with E-state index in [4.69, 9.17) is 0 Å². The molecule has 0 saturated carbocycles. The van der Waals surface area contributed by atoms with Gasteiger partial charge in [-0.2, -0.15) is 4.68 Å². The van der Waals surface area contributed by atoms with Gasteiger partial charge in [0, 0.05) is 5.70 Å². The lowest BCUT2D eigenvalue weighted by Gasteiger charge is -2.23. The Morgan fingerprint density at radius 1 is 1.00 bits per heavy atom. The Balaban J connectivity index is 1.81. The second-order valence-electron chi connectivity index (χ2n) is 5.37. The minimum absolute atomic E-state index is 0.0120. The van der Waals surface area contributed by atoms with Crippen molar-refractivity contribution in [1.82, 2.24) is 20.2 Å². The molecule has 2 heterocycles. The van der Waals surface area contributed by atoms with Crippen LogP contribution < -0.4 is 5.32 Å². The first-order valence-electron chi connectivity index (χ1n) is 7.20. The van der Waals surface area contributed by atoms with Crippen molar-refractivity contribution >= 4 is 11.6 Å². The first kappa shape index (κ1) is 12.8. The number of aromatic nitrogens is 4. The number of rotatable bonds is 2. The van der Waals surface area contributed by atoms with Crippen LogP contribution in [0.1, 0.15) is 22.7 Å². The van der Waals surface area contributed by atoms with E-state index in [1.54, 1.807) is 4.68 Å². The summed E-state index contributed by atoms with van der Waals surface area (Å²) in [4.78, 5) is 0. The highest BCUT2D eigenvalue weighted by Gasteiger charge is 2.23. The van der Waals surface area contributed by atoms with Gasteiger partial charge in [-0.3, -0.25) is 0 Å². The quantitative estimate of drug-likeness (QED) is 0.788. The minimum Gasteiger partial charge on any atom is -0.323 e. The molecule has 1 aliphatic rings. The molecule has 0 bridgehead atoms. The summed E-state index contributed by atoms with van der Waals surface area (Å²) in [6.45, 7) is 2.08. The second kappa shape index (κ2) is 5.11. The van der Waals surface area contributed by atoms with Crippen LogP contribution in [0.2, 0.25) is 0 Å². The zero-order valence-corrected chi connectivity index (χ0v) is 12.1. The Labute approximate surface area is 128 Å². The maximum Gasteiger partial charge on any atom is 0.248 e. The topological polar surface area (TPSA) is 55.6 Å². The monoisotopic (exact) mass is 289 g/mol. The van der Waals surface area contributed by atoms with E-state index in [-0.39, 0.29) is 6.04 Å². The molecule has 0 spiro atoms. The largest absolute Gasteiger partial charge is 0.323 e. The van der Waals surface area contributed by atoms with Crippen LogP contribution in [0.25, 0.3) is 5.70 Å². The van der Waals surface area contributed by atoms with E-state index in [9.17, 15) is 0 Å². The highest BCUT2D eigenvalue weighted by atomic mass is 15.6. The third-order valence-corrected chi connectivity index (χ3v) is 3.83. The fourth-order valence-corrected chi connectivity index (χ4v) is 2.64. The van der Waals surface area contributed by atoms with E-state index in [0.717, 1.165) is 16.8 Å². The smallest absolute Gasteiger partial charge is 0.248 e. The van der Waals surface area contributed by atoms with E-state index in [2.05, 4.69) is 70.2 Å². The van der Waals surface area contributed by atoms with Crippen LogP contribution >= 0.6 is 0 Å². The van der Waals surface area contributed by atoms with Crippen LogP contribution in [0, 0.1) is 6.92 Å². The molecule has 108 valence electrons. The number of nitrogens with one attached hydrogen (secondary N) is 1. The Morgan fingerprint density at radius 3 is 2.55 bits per heavy atom. The lowest BCUT2D eigenvalue weighted by Crippen LogP contribution is -2.20. The maximum absolute atomic E-state index is 4.11. The summed E-state index contributed by atoms with van der Waals surface area (Å²) in [6, 6.07) is 18.7. The van der Waals surface area contributed by atoms with E-state index >= 15 is 0 Å². The van der Waals surface area contributed by atoms with Gasteiger partial charge in [-0.15, -0.1) is 0 Å². The number of hydrogen-bond acceptors (Lipinski definition) is 4. The number of fused-ring (bicyclic) bond motifs is 1. The molecular weight excluding hydrogens is 274 g/mol. The van der Waals surface area contributed by atoms with Crippen molar-refractivity contribution in [3.05, 3.63) is 77.4 Å². The van der Waals surface area contributed by atoms with Crippen molar-refractivity contribution in [3.8, 4) is 0 Å². The summed E-state index contributed by atoms with van der Waals surface area (Å²) in [5.74, 6) is 0.659. The number of allylic oxidation sites excluding steroid dienone is 1. The molecule has 0 radical (unpaired) electrons. The number of benzene rings is 2. The Bertz CT molecular complexity index is 818. The van der Waals surface area contributed by atoms with E-state index in [1.807, 2.05) is 18.2 Å². The van der Waals surface area contributed by atoms with Crippen LogP contribution in [0.5, 0.6) is 0 Å². The molecule has 5 nitrogen and oxygen atoms in total. The predicted octanol–water partition coefficient (Wildman–Crippen LogP) is 3.04. The van der Waals surface area contributed by atoms with Crippen molar-refractivity contribution in [2.24, 2.45) is 0 Å². The van der Waals surface area contributed by atoms with Gasteiger partial charge < -0.3 is 5.32 Å². The van der Waals surface area contributed by atoms with Gasteiger partial charge in [-0.25, -0.2) is 0 Å². The van der Waals surface area contributed by atoms with Crippen molar-refractivity contribution in [3.63, 3.8) is 0 Å². The molecule has 22 heavy (non-hydrogen) atoms. The zero-order valence-electron chi connectivity index (χ0n) is 12.1. The lowest BCUT2D eigenvalue weighted by atomic mass is 10.0. The minimum atomic E-state index is -0.0120. The van der Waals surface area contributed by atoms with Crippen molar-refractivity contribution < 1.29 is 0 Å². The predicted molar refractivity (Wildman–Crippen MR) is 85.2 cm³/mol. The molecule has 0 fully saturated rings. The Hall–Kier alpha value is -2.95. The van der Waals surface area contributed by atoms with Crippen LogP contribution in [0.3, 0.4) is 0 Å². The first-order chi connectivity index (χ1) is 10.8. The molecule has 0 amide bonds. The molecule has 1 atom stereocenters. The molecule has 1 unspecified atom stereocenters. The van der Waals surface area contributed by atoms with Crippen LogP contribution in [-0.2, 0) is 0 Å². The molecular formula is C17H15N5. The van der Waals surface area contributed by atoms with E-state index in [1.165, 1.54) is 5.56 Å². The molecule has 1 N–H and O–H groups in total.